The molecule has 1 aromatic carbocycles. The lowest BCUT2D eigenvalue weighted by molar-refractivity contribution is -0.127. The lowest BCUT2D eigenvalue weighted by Crippen LogP contribution is -2.38. The molecule has 2 unspecified atom stereocenters. The summed E-state index contributed by atoms with van der Waals surface area (Å²) in [6.45, 7) is 4.17. The van der Waals surface area contributed by atoms with Crippen LogP contribution in [0.5, 0.6) is 5.75 Å². The third kappa shape index (κ3) is 6.33. The van der Waals surface area contributed by atoms with Crippen molar-refractivity contribution in [1.29, 1.82) is 0 Å². The van der Waals surface area contributed by atoms with Crippen LogP contribution in [0.3, 0.4) is 0 Å². The number of halogens is 1. The Balaban J connectivity index is 2.40. The van der Waals surface area contributed by atoms with Crippen molar-refractivity contribution in [3.63, 3.8) is 0 Å². The summed E-state index contributed by atoms with van der Waals surface area (Å²) in [6.07, 6.45) is -0.763. The van der Waals surface area contributed by atoms with E-state index in [2.05, 4.69) is 5.32 Å². The van der Waals surface area contributed by atoms with E-state index in [9.17, 15) is 9.90 Å². The highest BCUT2D eigenvalue weighted by Crippen LogP contribution is 2.22. The fraction of sp³-hybridized carbons (Fsp3) is 0.533. The summed E-state index contributed by atoms with van der Waals surface area (Å²) in [5.41, 5.74) is 0.873. The zero-order valence-electron chi connectivity index (χ0n) is 12.6. The molecule has 2 atom stereocenters. The zero-order chi connectivity index (χ0) is 15.8. The molecule has 0 fully saturated rings. The number of methoxy groups -OCH3 is 1. The van der Waals surface area contributed by atoms with E-state index < -0.39 is 12.2 Å². The van der Waals surface area contributed by atoms with E-state index in [0.29, 0.717) is 23.7 Å². The third-order valence-corrected chi connectivity index (χ3v) is 3.18. The Kier molecular flexibility index (Phi) is 7.50. The molecule has 0 heterocycles. The van der Waals surface area contributed by atoms with E-state index in [1.807, 2.05) is 6.92 Å². The van der Waals surface area contributed by atoms with Crippen molar-refractivity contribution in [2.75, 3.05) is 20.3 Å². The van der Waals surface area contributed by atoms with Gasteiger partial charge in [-0.05, 0) is 44.0 Å². The fourth-order valence-corrected chi connectivity index (χ4v) is 2.00. The normalized spacial score (nSPS) is 13.6. The summed E-state index contributed by atoms with van der Waals surface area (Å²) >= 11 is 5.87. The molecule has 5 nitrogen and oxygen atoms in total. The quantitative estimate of drug-likeness (QED) is 0.769. The Labute approximate surface area is 130 Å². The summed E-state index contributed by atoms with van der Waals surface area (Å²) in [6, 6.07) is 5.24. The number of aryl methyl sites for hydroxylation is 1. The summed E-state index contributed by atoms with van der Waals surface area (Å²) in [7, 11) is 1.52. The van der Waals surface area contributed by atoms with Gasteiger partial charge in [0, 0.05) is 18.7 Å². The molecular weight excluding hydrogens is 294 g/mol. The Morgan fingerprint density at radius 2 is 2.19 bits per heavy atom. The van der Waals surface area contributed by atoms with Crippen molar-refractivity contribution in [2.24, 2.45) is 0 Å². The molecule has 0 radical (unpaired) electrons. The topological polar surface area (TPSA) is 67.8 Å². The summed E-state index contributed by atoms with van der Waals surface area (Å²) < 4.78 is 10.4. The van der Waals surface area contributed by atoms with Crippen molar-refractivity contribution in [1.82, 2.24) is 5.32 Å². The molecule has 0 saturated carbocycles. The maximum absolute atomic E-state index is 11.9. The number of rotatable bonds is 8. The predicted octanol–water partition coefficient (Wildman–Crippen LogP) is 1.93. The summed E-state index contributed by atoms with van der Waals surface area (Å²) in [5.74, 6) is 0.399. The molecule has 0 aliphatic carbocycles. The van der Waals surface area contributed by atoms with Gasteiger partial charge in [0.1, 0.15) is 5.75 Å². The second-order valence-corrected chi connectivity index (χ2v) is 5.30. The number of benzene rings is 1. The van der Waals surface area contributed by atoms with Crippen molar-refractivity contribution in [3.05, 3.63) is 28.8 Å². The van der Waals surface area contributed by atoms with Crippen LogP contribution < -0.4 is 10.1 Å². The number of hydrogen-bond acceptors (Lipinski definition) is 4. The molecule has 0 aliphatic rings. The Bertz CT molecular complexity index is 467. The van der Waals surface area contributed by atoms with Gasteiger partial charge in [-0.15, -0.1) is 0 Å². The fourth-order valence-electron chi connectivity index (χ4n) is 1.77. The molecule has 1 rings (SSSR count). The van der Waals surface area contributed by atoms with Crippen LogP contribution in [0.25, 0.3) is 0 Å². The first kappa shape index (κ1) is 17.8. The van der Waals surface area contributed by atoms with Gasteiger partial charge in [-0.1, -0.05) is 11.6 Å². The molecular formula is C15H22ClNO4. The average Bonchev–Trinajstić information content (AvgIpc) is 2.42. The molecule has 118 valence electrons. The average molecular weight is 316 g/mol. The van der Waals surface area contributed by atoms with Gasteiger partial charge in [0.15, 0.2) is 6.10 Å². The molecule has 2 N–H and O–H groups in total. The van der Waals surface area contributed by atoms with E-state index in [4.69, 9.17) is 21.1 Å². The van der Waals surface area contributed by atoms with E-state index in [1.165, 1.54) is 7.11 Å². The smallest absolute Gasteiger partial charge is 0.260 e. The van der Waals surface area contributed by atoms with Gasteiger partial charge < -0.3 is 19.9 Å². The van der Waals surface area contributed by atoms with Crippen LogP contribution in [0, 0.1) is 6.92 Å². The van der Waals surface area contributed by atoms with Crippen molar-refractivity contribution in [3.8, 4) is 5.75 Å². The molecule has 1 amide bonds. The summed E-state index contributed by atoms with van der Waals surface area (Å²) in [5, 5.41) is 12.8. The predicted molar refractivity (Wildman–Crippen MR) is 81.8 cm³/mol. The van der Waals surface area contributed by atoms with Crippen LogP contribution in [0.1, 0.15) is 18.9 Å². The van der Waals surface area contributed by atoms with Crippen LogP contribution in [-0.2, 0) is 9.53 Å². The van der Waals surface area contributed by atoms with Crippen LogP contribution in [0.15, 0.2) is 18.2 Å². The van der Waals surface area contributed by atoms with E-state index in [1.54, 1.807) is 25.1 Å². The number of carbonyl (C=O) groups excluding carboxylic acids is 1. The molecule has 0 saturated heterocycles. The van der Waals surface area contributed by atoms with Crippen LogP contribution in [0.4, 0.5) is 0 Å². The van der Waals surface area contributed by atoms with Gasteiger partial charge in [-0.3, -0.25) is 4.79 Å². The SMILES string of the molecule is COCC(O)CCNC(=O)C(C)Oc1ccc(Cl)cc1C. The number of carbonyl (C=O) groups is 1. The molecule has 0 spiro atoms. The summed E-state index contributed by atoms with van der Waals surface area (Å²) in [4.78, 5) is 11.9. The number of aliphatic hydroxyl groups is 1. The van der Waals surface area contributed by atoms with Crippen LogP contribution in [-0.4, -0.2) is 43.5 Å². The standard InChI is InChI=1S/C15H22ClNO4/c1-10-8-12(16)4-5-14(10)21-11(2)15(19)17-7-6-13(18)9-20-3/h4-5,8,11,13,18H,6-7,9H2,1-3H3,(H,17,19). The van der Waals surface area contributed by atoms with Gasteiger partial charge in [0.2, 0.25) is 0 Å². The molecule has 0 aliphatic heterocycles. The van der Waals surface area contributed by atoms with Crippen molar-refractivity contribution < 1.29 is 19.4 Å². The van der Waals surface area contributed by atoms with Gasteiger partial charge in [-0.2, -0.15) is 0 Å². The highest BCUT2D eigenvalue weighted by atomic mass is 35.5. The second kappa shape index (κ2) is 8.87. The number of ether oxygens (including phenoxy) is 2. The van der Waals surface area contributed by atoms with E-state index in [-0.39, 0.29) is 12.5 Å². The molecule has 0 aromatic heterocycles. The van der Waals surface area contributed by atoms with Gasteiger partial charge in [0.05, 0.1) is 12.7 Å². The first-order valence-corrected chi connectivity index (χ1v) is 7.19. The number of nitrogens with one attached hydrogen (secondary N) is 1. The van der Waals surface area contributed by atoms with Gasteiger partial charge in [0.25, 0.3) is 5.91 Å². The lowest BCUT2D eigenvalue weighted by atomic mass is 10.2. The molecule has 0 bridgehead atoms. The molecule has 6 heteroatoms. The van der Waals surface area contributed by atoms with Crippen molar-refractivity contribution in [2.45, 2.75) is 32.5 Å². The van der Waals surface area contributed by atoms with Gasteiger partial charge >= 0.3 is 0 Å². The number of aliphatic hydroxyl groups excluding tert-OH is 1. The first-order chi connectivity index (χ1) is 9.93. The highest BCUT2D eigenvalue weighted by Gasteiger charge is 2.15. The van der Waals surface area contributed by atoms with Crippen molar-refractivity contribution >= 4 is 17.5 Å². The Morgan fingerprint density at radius 1 is 1.48 bits per heavy atom. The monoisotopic (exact) mass is 315 g/mol. The minimum atomic E-state index is -0.621. The molecule has 21 heavy (non-hydrogen) atoms. The molecule has 1 aromatic rings. The van der Waals surface area contributed by atoms with E-state index >= 15 is 0 Å². The third-order valence-electron chi connectivity index (χ3n) is 2.95. The minimum Gasteiger partial charge on any atom is -0.481 e. The Hall–Kier alpha value is -1.30. The van der Waals surface area contributed by atoms with E-state index in [0.717, 1.165) is 5.56 Å². The van der Waals surface area contributed by atoms with Gasteiger partial charge in [-0.25, -0.2) is 0 Å². The second-order valence-electron chi connectivity index (χ2n) is 4.86. The minimum absolute atomic E-state index is 0.228. The number of hydrogen-bond donors (Lipinski definition) is 2. The maximum atomic E-state index is 11.9. The lowest BCUT2D eigenvalue weighted by Gasteiger charge is -2.17. The number of amides is 1. The maximum Gasteiger partial charge on any atom is 0.260 e. The zero-order valence-corrected chi connectivity index (χ0v) is 13.3. The van der Waals surface area contributed by atoms with Crippen LogP contribution in [0.2, 0.25) is 5.02 Å². The Morgan fingerprint density at radius 3 is 2.81 bits per heavy atom. The first-order valence-electron chi connectivity index (χ1n) is 6.81. The van der Waals surface area contributed by atoms with Crippen LogP contribution >= 0.6 is 11.6 Å². The largest absolute Gasteiger partial charge is 0.481 e. The highest BCUT2D eigenvalue weighted by molar-refractivity contribution is 6.30.